The van der Waals surface area contributed by atoms with Crippen molar-refractivity contribution in [1.82, 2.24) is 9.88 Å². The molecule has 36 heavy (non-hydrogen) atoms. The predicted molar refractivity (Wildman–Crippen MR) is 146 cm³/mol. The molecule has 2 heterocycles. The number of aromatic nitrogens is 1. The highest BCUT2D eigenvalue weighted by molar-refractivity contribution is 5.88. The van der Waals surface area contributed by atoms with Crippen molar-refractivity contribution in [2.75, 3.05) is 25.0 Å². The van der Waals surface area contributed by atoms with Crippen molar-refractivity contribution >= 4 is 24.1 Å². The summed E-state index contributed by atoms with van der Waals surface area (Å²) in [4.78, 5) is 31.4. The Morgan fingerprint density at radius 2 is 1.81 bits per heavy atom. The largest absolute Gasteiger partial charge is 0.477 e. The number of carboxylic acids is 1. The van der Waals surface area contributed by atoms with Crippen LogP contribution in [-0.2, 0) is 13.0 Å². The summed E-state index contributed by atoms with van der Waals surface area (Å²) in [6, 6.07) is 21.1. The molecule has 5 rings (SSSR count). The topological polar surface area (TPSA) is 76.6 Å². The number of pyridine rings is 1. The van der Waals surface area contributed by atoms with Gasteiger partial charge >= 0.3 is 5.97 Å². The molecule has 2 aliphatic rings. The molecule has 1 aromatic heterocycles. The van der Waals surface area contributed by atoms with Crippen LogP contribution in [0.2, 0.25) is 0 Å². The molecule has 1 saturated heterocycles. The van der Waals surface area contributed by atoms with Crippen LogP contribution in [0.3, 0.4) is 0 Å². The first kappa shape index (κ1) is 26.0. The van der Waals surface area contributed by atoms with Gasteiger partial charge < -0.3 is 15.0 Å². The minimum Gasteiger partial charge on any atom is -0.477 e. The van der Waals surface area contributed by atoms with E-state index in [0.717, 1.165) is 36.7 Å². The van der Waals surface area contributed by atoms with Gasteiger partial charge in [0.15, 0.2) is 0 Å². The summed E-state index contributed by atoms with van der Waals surface area (Å²) in [5.74, 6) is 0.203. The van der Waals surface area contributed by atoms with Crippen LogP contribution in [0.15, 0.2) is 65.5 Å². The van der Waals surface area contributed by atoms with Gasteiger partial charge in [0.2, 0.25) is 0 Å². The van der Waals surface area contributed by atoms with Crippen molar-refractivity contribution in [2.45, 2.75) is 38.8 Å². The molecule has 0 amide bonds. The van der Waals surface area contributed by atoms with Crippen molar-refractivity contribution in [3.05, 3.63) is 87.7 Å². The molecular weight excluding hydrogens is 474 g/mol. The van der Waals surface area contributed by atoms with Crippen molar-refractivity contribution in [3.8, 4) is 11.3 Å². The van der Waals surface area contributed by atoms with Gasteiger partial charge in [0.25, 0.3) is 5.56 Å². The number of aryl methyl sites for hydroxylation is 1. The number of nitrogens with zero attached hydrogens (tertiary/aromatic N) is 2. The monoisotopic (exact) mass is 507 g/mol. The standard InChI is InChI=1S/C29H33N3O3.ClH/c1-3-20-15-24(29(34)35)28(33)30-27(20)21-9-12-23(13-10-21)32-17-22-11-14-26(25(22)18-32)31(2)16-19-7-5-4-6-8-19;/h4-10,12-13,15,22,25-26H,3,11,14,16-18H2,1-2H3,(H,30,33)(H,34,35);1H/t22-,25+,26-;/m1./s1. The Balaban J connectivity index is 0.00000304. The van der Waals surface area contributed by atoms with Gasteiger partial charge in [-0.15, -0.1) is 12.4 Å². The SMILES string of the molecule is CCc1cc(C(=O)O)c(=O)[nH]c1-c1ccc(N2C[C@H]3CC[C@@H](N(C)Cc4ccccc4)[C@H]3C2)cc1.Cl. The molecular formula is C29H34ClN3O3. The lowest BCUT2D eigenvalue weighted by Gasteiger charge is -2.30. The minimum atomic E-state index is -1.20. The van der Waals surface area contributed by atoms with E-state index >= 15 is 0 Å². The molecule has 2 N–H and O–H groups in total. The van der Waals surface area contributed by atoms with E-state index in [1.54, 1.807) is 0 Å². The third-order valence-electron chi connectivity index (χ3n) is 7.92. The second-order valence-electron chi connectivity index (χ2n) is 9.99. The first-order chi connectivity index (χ1) is 16.9. The van der Waals surface area contributed by atoms with E-state index in [2.05, 4.69) is 64.3 Å². The Morgan fingerprint density at radius 1 is 1.08 bits per heavy atom. The smallest absolute Gasteiger partial charge is 0.341 e. The zero-order valence-electron chi connectivity index (χ0n) is 20.8. The third kappa shape index (κ3) is 5.06. The van der Waals surface area contributed by atoms with Crippen LogP contribution in [0, 0.1) is 11.8 Å². The summed E-state index contributed by atoms with van der Waals surface area (Å²) in [6.45, 7) is 5.11. The first-order valence-corrected chi connectivity index (χ1v) is 12.5. The number of carboxylic acid groups (broad SMARTS) is 1. The number of hydrogen-bond acceptors (Lipinski definition) is 4. The summed E-state index contributed by atoms with van der Waals surface area (Å²) in [7, 11) is 2.26. The van der Waals surface area contributed by atoms with Crippen molar-refractivity contribution in [2.24, 2.45) is 11.8 Å². The van der Waals surface area contributed by atoms with Crippen LogP contribution in [0.25, 0.3) is 11.3 Å². The van der Waals surface area contributed by atoms with E-state index in [-0.39, 0.29) is 18.0 Å². The van der Waals surface area contributed by atoms with E-state index < -0.39 is 11.5 Å². The molecule has 6 nitrogen and oxygen atoms in total. The summed E-state index contributed by atoms with van der Waals surface area (Å²) >= 11 is 0. The van der Waals surface area contributed by atoms with E-state index in [9.17, 15) is 14.7 Å². The number of H-pyrrole nitrogens is 1. The van der Waals surface area contributed by atoms with E-state index in [1.807, 2.05) is 19.1 Å². The Labute approximate surface area is 218 Å². The minimum absolute atomic E-state index is 0. The van der Waals surface area contributed by atoms with E-state index in [0.29, 0.717) is 24.1 Å². The molecule has 1 saturated carbocycles. The van der Waals surface area contributed by atoms with Gasteiger partial charge in [-0.2, -0.15) is 0 Å². The number of anilines is 1. The summed E-state index contributed by atoms with van der Waals surface area (Å²) < 4.78 is 0. The van der Waals surface area contributed by atoms with Crippen LogP contribution in [0.4, 0.5) is 5.69 Å². The van der Waals surface area contributed by atoms with Crippen LogP contribution in [-0.4, -0.2) is 47.1 Å². The van der Waals surface area contributed by atoms with Gasteiger partial charge in [0.05, 0.1) is 5.69 Å². The quantitative estimate of drug-likeness (QED) is 0.467. The molecule has 1 aliphatic heterocycles. The zero-order valence-corrected chi connectivity index (χ0v) is 21.6. The molecule has 7 heteroatoms. The highest BCUT2D eigenvalue weighted by Crippen LogP contribution is 2.42. The second kappa shape index (κ2) is 10.9. The molecule has 2 aromatic carbocycles. The Bertz CT molecular complexity index is 1260. The fourth-order valence-electron chi connectivity index (χ4n) is 6.09. The second-order valence-corrected chi connectivity index (χ2v) is 9.99. The van der Waals surface area contributed by atoms with Crippen molar-refractivity contribution < 1.29 is 9.90 Å². The van der Waals surface area contributed by atoms with Gasteiger partial charge in [-0.1, -0.05) is 49.4 Å². The summed E-state index contributed by atoms with van der Waals surface area (Å²) in [5, 5.41) is 9.27. The Kier molecular flexibility index (Phi) is 7.86. The lowest BCUT2D eigenvalue weighted by Crippen LogP contribution is -2.37. The molecule has 190 valence electrons. The maximum atomic E-state index is 12.3. The van der Waals surface area contributed by atoms with Crippen molar-refractivity contribution in [1.29, 1.82) is 0 Å². The lowest BCUT2D eigenvalue weighted by atomic mass is 9.97. The lowest BCUT2D eigenvalue weighted by molar-refractivity contribution is 0.0695. The van der Waals surface area contributed by atoms with Crippen LogP contribution >= 0.6 is 12.4 Å². The number of rotatable bonds is 7. The number of aromatic carboxylic acids is 1. The average molecular weight is 508 g/mol. The fourth-order valence-corrected chi connectivity index (χ4v) is 6.09. The van der Waals surface area contributed by atoms with Crippen LogP contribution in [0.5, 0.6) is 0 Å². The van der Waals surface area contributed by atoms with E-state index in [4.69, 9.17) is 0 Å². The Hall–Kier alpha value is -3.09. The fraction of sp³-hybridized carbons (Fsp3) is 0.379. The maximum Gasteiger partial charge on any atom is 0.341 e. The summed E-state index contributed by atoms with van der Waals surface area (Å²) in [5.41, 5.74) is 4.23. The highest BCUT2D eigenvalue weighted by atomic mass is 35.5. The number of nitrogens with one attached hydrogen (secondary N) is 1. The van der Waals surface area contributed by atoms with Gasteiger partial charge in [-0.3, -0.25) is 9.69 Å². The number of hydrogen-bond donors (Lipinski definition) is 2. The molecule has 3 atom stereocenters. The number of fused-ring (bicyclic) bond motifs is 1. The molecule has 0 radical (unpaired) electrons. The van der Waals surface area contributed by atoms with E-state index in [1.165, 1.54) is 30.2 Å². The molecule has 2 fully saturated rings. The molecule has 1 aliphatic carbocycles. The third-order valence-corrected chi connectivity index (χ3v) is 7.92. The van der Waals surface area contributed by atoms with Gasteiger partial charge in [-0.05, 0) is 73.0 Å². The number of carbonyl (C=O) groups is 1. The molecule has 0 bridgehead atoms. The summed E-state index contributed by atoms with van der Waals surface area (Å²) in [6.07, 6.45) is 3.19. The molecule has 3 aromatic rings. The van der Waals surface area contributed by atoms with Crippen LogP contribution < -0.4 is 10.5 Å². The maximum absolute atomic E-state index is 12.3. The van der Waals surface area contributed by atoms with Gasteiger partial charge in [0, 0.05) is 31.4 Å². The Morgan fingerprint density at radius 3 is 2.47 bits per heavy atom. The average Bonchev–Trinajstić information content (AvgIpc) is 3.45. The number of halogens is 1. The van der Waals surface area contributed by atoms with Crippen LogP contribution in [0.1, 0.15) is 41.3 Å². The molecule has 0 unspecified atom stereocenters. The number of aromatic amines is 1. The normalized spacial score (nSPS) is 20.9. The molecule has 0 spiro atoms. The van der Waals surface area contributed by atoms with Gasteiger partial charge in [-0.25, -0.2) is 4.79 Å². The van der Waals surface area contributed by atoms with Crippen molar-refractivity contribution in [3.63, 3.8) is 0 Å². The zero-order chi connectivity index (χ0) is 24.5. The first-order valence-electron chi connectivity index (χ1n) is 12.5. The number of benzene rings is 2. The van der Waals surface area contributed by atoms with Gasteiger partial charge in [0.1, 0.15) is 5.56 Å². The predicted octanol–water partition coefficient (Wildman–Crippen LogP) is 5.07. The highest BCUT2D eigenvalue weighted by Gasteiger charge is 2.44.